The van der Waals surface area contributed by atoms with E-state index in [1.165, 1.54) is 12.1 Å². The van der Waals surface area contributed by atoms with Crippen molar-refractivity contribution >= 4 is 11.8 Å². The molecule has 2 N–H and O–H groups in total. The zero-order valence-electron chi connectivity index (χ0n) is 12.6. The highest BCUT2D eigenvalue weighted by Crippen LogP contribution is 2.31. The lowest BCUT2D eigenvalue weighted by Gasteiger charge is -2.12. The fourth-order valence-corrected chi connectivity index (χ4v) is 2.07. The number of amides is 2. The van der Waals surface area contributed by atoms with E-state index in [0.717, 1.165) is 12.1 Å². The molecule has 0 atom stereocenters. The Morgan fingerprint density at radius 3 is 1.96 bits per heavy atom. The first-order chi connectivity index (χ1) is 11.4. The van der Waals surface area contributed by atoms with Crippen molar-refractivity contribution in [3.8, 4) is 0 Å². The Labute approximate surface area is 136 Å². The lowest BCUT2D eigenvalue weighted by atomic mass is 10.1. The van der Waals surface area contributed by atoms with Crippen molar-refractivity contribution in [2.24, 2.45) is 0 Å². The second kappa shape index (κ2) is 7.63. The predicted molar refractivity (Wildman–Crippen MR) is 82.6 cm³/mol. The molecule has 0 unspecified atom stereocenters. The van der Waals surface area contributed by atoms with Gasteiger partial charge in [-0.3, -0.25) is 9.59 Å². The van der Waals surface area contributed by atoms with Gasteiger partial charge in [0.1, 0.15) is 0 Å². The number of carbonyl (C=O) groups is 2. The summed E-state index contributed by atoms with van der Waals surface area (Å²) in [5, 5.41) is 4.94. The van der Waals surface area contributed by atoms with E-state index >= 15 is 0 Å². The fourth-order valence-electron chi connectivity index (χ4n) is 2.07. The van der Waals surface area contributed by atoms with E-state index in [1.807, 2.05) is 0 Å². The summed E-state index contributed by atoms with van der Waals surface area (Å²) in [5.41, 5.74) is -0.971. The molecule has 0 saturated carbocycles. The van der Waals surface area contributed by atoms with Crippen molar-refractivity contribution in [1.29, 1.82) is 0 Å². The molecular formula is C17H15F3N2O2. The van der Waals surface area contributed by atoms with Gasteiger partial charge in [0.2, 0.25) is 0 Å². The molecule has 0 saturated heterocycles. The topological polar surface area (TPSA) is 58.2 Å². The smallest absolute Gasteiger partial charge is 0.350 e. The lowest BCUT2D eigenvalue weighted by Crippen LogP contribution is -2.35. The van der Waals surface area contributed by atoms with Crippen LogP contribution in [0.5, 0.6) is 0 Å². The van der Waals surface area contributed by atoms with Crippen molar-refractivity contribution in [3.63, 3.8) is 0 Å². The van der Waals surface area contributed by atoms with Crippen LogP contribution in [0.2, 0.25) is 0 Å². The average Bonchev–Trinajstić information content (AvgIpc) is 2.58. The molecule has 0 heterocycles. The van der Waals surface area contributed by atoms with E-state index in [0.29, 0.717) is 5.56 Å². The Morgan fingerprint density at radius 1 is 0.792 bits per heavy atom. The fraction of sp³-hybridized carbons (Fsp3) is 0.176. The molecule has 24 heavy (non-hydrogen) atoms. The molecule has 7 heteroatoms. The summed E-state index contributed by atoms with van der Waals surface area (Å²) in [4.78, 5) is 23.7. The highest BCUT2D eigenvalue weighted by molar-refractivity contribution is 5.96. The summed E-state index contributed by atoms with van der Waals surface area (Å²) >= 11 is 0. The normalized spacial score (nSPS) is 11.0. The summed E-state index contributed by atoms with van der Waals surface area (Å²) in [6.07, 6.45) is -4.60. The third-order valence-corrected chi connectivity index (χ3v) is 3.21. The van der Waals surface area contributed by atoms with Crippen molar-refractivity contribution in [2.45, 2.75) is 6.18 Å². The van der Waals surface area contributed by atoms with Gasteiger partial charge in [0.15, 0.2) is 0 Å². The van der Waals surface area contributed by atoms with Gasteiger partial charge in [-0.25, -0.2) is 0 Å². The molecule has 0 aliphatic heterocycles. The second-order valence-corrected chi connectivity index (χ2v) is 4.92. The number of hydrogen-bond donors (Lipinski definition) is 2. The first-order valence-electron chi connectivity index (χ1n) is 7.17. The minimum Gasteiger partial charge on any atom is -0.350 e. The third-order valence-electron chi connectivity index (χ3n) is 3.21. The number of rotatable bonds is 5. The second-order valence-electron chi connectivity index (χ2n) is 4.92. The van der Waals surface area contributed by atoms with Crippen molar-refractivity contribution < 1.29 is 22.8 Å². The highest BCUT2D eigenvalue weighted by Gasteiger charge is 2.34. The van der Waals surface area contributed by atoms with Gasteiger partial charge in [0, 0.05) is 18.7 Å². The van der Waals surface area contributed by atoms with Gasteiger partial charge >= 0.3 is 6.18 Å². The van der Waals surface area contributed by atoms with E-state index < -0.39 is 23.2 Å². The maximum atomic E-state index is 12.9. The molecule has 0 bridgehead atoms. The molecule has 0 aromatic heterocycles. The van der Waals surface area contributed by atoms with Crippen LogP contribution in [-0.2, 0) is 6.18 Å². The predicted octanol–water partition coefficient (Wildman–Crippen LogP) is 2.87. The molecule has 0 fully saturated rings. The van der Waals surface area contributed by atoms with Crippen LogP contribution in [0.4, 0.5) is 13.2 Å². The summed E-state index contributed by atoms with van der Waals surface area (Å²) < 4.78 is 38.6. The molecule has 4 nitrogen and oxygen atoms in total. The lowest BCUT2D eigenvalue weighted by molar-refractivity contribution is -0.137. The van der Waals surface area contributed by atoms with Crippen LogP contribution in [0.15, 0.2) is 54.6 Å². The van der Waals surface area contributed by atoms with Crippen molar-refractivity contribution in [1.82, 2.24) is 10.6 Å². The molecule has 2 aromatic carbocycles. The van der Waals surface area contributed by atoms with Crippen LogP contribution in [0.1, 0.15) is 26.3 Å². The van der Waals surface area contributed by atoms with Crippen molar-refractivity contribution in [3.05, 3.63) is 71.3 Å². The minimum absolute atomic E-state index is 0.0175. The first-order valence-corrected chi connectivity index (χ1v) is 7.17. The average molecular weight is 336 g/mol. The molecule has 2 amide bonds. The molecule has 0 aliphatic rings. The molecule has 0 spiro atoms. The molecule has 0 radical (unpaired) electrons. The van der Waals surface area contributed by atoms with Gasteiger partial charge in [0.05, 0.1) is 11.1 Å². The monoisotopic (exact) mass is 336 g/mol. The molecule has 126 valence electrons. The van der Waals surface area contributed by atoms with Gasteiger partial charge in [0.25, 0.3) is 11.8 Å². The number of hydrogen-bond acceptors (Lipinski definition) is 2. The first kappa shape index (κ1) is 17.5. The van der Waals surface area contributed by atoms with Gasteiger partial charge < -0.3 is 10.6 Å². The molecular weight excluding hydrogens is 321 g/mol. The summed E-state index contributed by atoms with van der Waals surface area (Å²) in [6.45, 7) is 0.122. The van der Waals surface area contributed by atoms with Crippen LogP contribution < -0.4 is 10.6 Å². The number of alkyl halides is 3. The van der Waals surface area contributed by atoms with E-state index in [4.69, 9.17) is 0 Å². The Bertz CT molecular complexity index is 715. The zero-order chi connectivity index (χ0) is 17.6. The number of halogens is 3. The van der Waals surface area contributed by atoms with Gasteiger partial charge in [-0.1, -0.05) is 30.3 Å². The van der Waals surface area contributed by atoms with Crippen LogP contribution in [-0.4, -0.2) is 24.9 Å². The third kappa shape index (κ3) is 4.58. The number of benzene rings is 2. The maximum Gasteiger partial charge on any atom is 0.417 e. The number of carbonyl (C=O) groups excluding carboxylic acids is 2. The Hall–Kier alpha value is -2.83. The number of nitrogens with one attached hydrogen (secondary N) is 2. The quantitative estimate of drug-likeness (QED) is 0.825. The van der Waals surface area contributed by atoms with Crippen LogP contribution >= 0.6 is 0 Å². The standard InChI is InChI=1S/C17H15F3N2O2/c18-17(19,20)14-9-5-4-8-13(14)16(24)22-11-10-21-15(23)12-6-2-1-3-7-12/h1-9H,10-11H2,(H,21,23)(H,22,24). The maximum absolute atomic E-state index is 12.9. The van der Waals surface area contributed by atoms with Crippen LogP contribution in [0.3, 0.4) is 0 Å². The van der Waals surface area contributed by atoms with Crippen LogP contribution in [0, 0.1) is 0 Å². The van der Waals surface area contributed by atoms with Crippen LogP contribution in [0.25, 0.3) is 0 Å². The molecule has 2 rings (SSSR count). The summed E-state index contributed by atoms with van der Waals surface area (Å²) in [7, 11) is 0. The Kier molecular flexibility index (Phi) is 5.57. The SMILES string of the molecule is O=C(NCCNC(=O)c1ccccc1C(F)(F)F)c1ccccc1. The minimum atomic E-state index is -4.60. The van der Waals surface area contributed by atoms with Gasteiger partial charge in [-0.15, -0.1) is 0 Å². The summed E-state index contributed by atoms with van der Waals surface area (Å²) in [5.74, 6) is -1.16. The zero-order valence-corrected chi connectivity index (χ0v) is 12.6. The summed E-state index contributed by atoms with van der Waals surface area (Å²) in [6, 6.07) is 13.0. The van der Waals surface area contributed by atoms with E-state index in [1.54, 1.807) is 30.3 Å². The van der Waals surface area contributed by atoms with Gasteiger partial charge in [-0.05, 0) is 24.3 Å². The van der Waals surface area contributed by atoms with E-state index in [2.05, 4.69) is 10.6 Å². The van der Waals surface area contributed by atoms with Gasteiger partial charge in [-0.2, -0.15) is 13.2 Å². The largest absolute Gasteiger partial charge is 0.417 e. The van der Waals surface area contributed by atoms with E-state index in [9.17, 15) is 22.8 Å². The molecule has 0 aliphatic carbocycles. The van der Waals surface area contributed by atoms with Crippen molar-refractivity contribution in [2.75, 3.05) is 13.1 Å². The van der Waals surface area contributed by atoms with E-state index in [-0.39, 0.29) is 19.0 Å². The molecule has 2 aromatic rings. The Morgan fingerprint density at radius 2 is 1.33 bits per heavy atom. The Balaban J connectivity index is 1.87. The highest BCUT2D eigenvalue weighted by atomic mass is 19.4.